The first kappa shape index (κ1) is 14.7. The van der Waals surface area contributed by atoms with E-state index in [1.807, 2.05) is 6.20 Å². The van der Waals surface area contributed by atoms with Gasteiger partial charge in [-0.3, -0.25) is 9.88 Å². The van der Waals surface area contributed by atoms with E-state index >= 15 is 0 Å². The zero-order chi connectivity index (χ0) is 14.7. The van der Waals surface area contributed by atoms with E-state index in [0.717, 1.165) is 36.3 Å². The van der Waals surface area contributed by atoms with Gasteiger partial charge in [-0.05, 0) is 40.7 Å². The van der Waals surface area contributed by atoms with Gasteiger partial charge in [0.05, 0.1) is 5.69 Å². The van der Waals surface area contributed by atoms with Gasteiger partial charge in [0.25, 0.3) is 0 Å². The third-order valence-electron chi connectivity index (χ3n) is 4.03. The van der Waals surface area contributed by atoms with Crippen molar-refractivity contribution in [3.05, 3.63) is 64.4 Å². The van der Waals surface area contributed by atoms with E-state index in [9.17, 15) is 0 Å². The fourth-order valence-corrected chi connectivity index (χ4v) is 3.08. The van der Waals surface area contributed by atoms with Crippen molar-refractivity contribution in [1.82, 2.24) is 14.8 Å². The van der Waals surface area contributed by atoms with Crippen LogP contribution >= 0.6 is 15.9 Å². The van der Waals surface area contributed by atoms with Crippen LogP contribution in [-0.4, -0.2) is 41.5 Å². The van der Waals surface area contributed by atoms with Crippen molar-refractivity contribution >= 4 is 15.9 Å². The molecule has 1 unspecified atom stereocenters. The standard InChI is InChI=1S/C17H20BrN3/c1-20-9-10-21(12-16-8-7-15(18)11-19-16)17(13-20)14-5-3-2-4-6-14/h2-8,11,17H,9-10,12-13H2,1H3. The van der Waals surface area contributed by atoms with Crippen molar-refractivity contribution in [3.8, 4) is 0 Å². The Kier molecular flexibility index (Phi) is 4.68. The molecule has 3 nitrogen and oxygen atoms in total. The second kappa shape index (κ2) is 6.69. The zero-order valence-corrected chi connectivity index (χ0v) is 13.8. The SMILES string of the molecule is CN1CCN(Cc2ccc(Br)cn2)C(c2ccccc2)C1. The molecule has 1 aromatic heterocycles. The van der Waals surface area contributed by atoms with E-state index in [1.165, 1.54) is 5.56 Å². The van der Waals surface area contributed by atoms with Gasteiger partial charge in [-0.1, -0.05) is 30.3 Å². The lowest BCUT2D eigenvalue weighted by atomic mass is 10.0. The van der Waals surface area contributed by atoms with Crippen LogP contribution in [0.1, 0.15) is 17.3 Å². The van der Waals surface area contributed by atoms with Gasteiger partial charge in [-0.15, -0.1) is 0 Å². The first-order chi connectivity index (χ1) is 10.2. The van der Waals surface area contributed by atoms with Gasteiger partial charge in [-0.2, -0.15) is 0 Å². The highest BCUT2D eigenvalue weighted by Crippen LogP contribution is 2.26. The van der Waals surface area contributed by atoms with Crippen molar-refractivity contribution in [2.24, 2.45) is 0 Å². The molecule has 0 radical (unpaired) electrons. The minimum Gasteiger partial charge on any atom is -0.303 e. The maximum Gasteiger partial charge on any atom is 0.0545 e. The number of aromatic nitrogens is 1. The number of piperazine rings is 1. The molecule has 110 valence electrons. The molecule has 0 bridgehead atoms. The molecule has 1 aliphatic heterocycles. The molecular weight excluding hydrogens is 326 g/mol. The highest BCUT2D eigenvalue weighted by molar-refractivity contribution is 9.10. The summed E-state index contributed by atoms with van der Waals surface area (Å²) in [6.07, 6.45) is 1.88. The minimum absolute atomic E-state index is 0.440. The normalized spacial score (nSPS) is 20.6. The van der Waals surface area contributed by atoms with Gasteiger partial charge in [0.1, 0.15) is 0 Å². The van der Waals surface area contributed by atoms with Gasteiger partial charge in [0.2, 0.25) is 0 Å². The number of hydrogen-bond acceptors (Lipinski definition) is 3. The summed E-state index contributed by atoms with van der Waals surface area (Å²) in [5, 5.41) is 0. The Bertz CT molecular complexity index is 570. The molecule has 3 rings (SSSR count). The first-order valence-electron chi connectivity index (χ1n) is 7.30. The topological polar surface area (TPSA) is 19.4 Å². The molecule has 1 aliphatic rings. The largest absolute Gasteiger partial charge is 0.303 e. The smallest absolute Gasteiger partial charge is 0.0545 e. The van der Waals surface area contributed by atoms with Gasteiger partial charge in [-0.25, -0.2) is 0 Å². The minimum atomic E-state index is 0.440. The predicted octanol–water partition coefficient (Wildman–Crippen LogP) is 3.33. The van der Waals surface area contributed by atoms with Crippen molar-refractivity contribution in [2.45, 2.75) is 12.6 Å². The van der Waals surface area contributed by atoms with Gasteiger partial charge < -0.3 is 4.90 Å². The molecule has 2 heterocycles. The second-order valence-corrected chi connectivity index (χ2v) is 6.54. The van der Waals surface area contributed by atoms with Crippen LogP contribution in [0.25, 0.3) is 0 Å². The van der Waals surface area contributed by atoms with Crippen LogP contribution in [0.15, 0.2) is 53.1 Å². The van der Waals surface area contributed by atoms with E-state index in [-0.39, 0.29) is 0 Å². The average molecular weight is 346 g/mol. The lowest BCUT2D eigenvalue weighted by Gasteiger charge is -2.40. The number of pyridine rings is 1. The molecule has 21 heavy (non-hydrogen) atoms. The molecule has 0 aliphatic carbocycles. The molecule has 4 heteroatoms. The molecule has 0 N–H and O–H groups in total. The molecule has 1 aromatic carbocycles. The molecule has 2 aromatic rings. The second-order valence-electron chi connectivity index (χ2n) is 5.63. The van der Waals surface area contributed by atoms with Crippen molar-refractivity contribution in [1.29, 1.82) is 0 Å². The number of benzene rings is 1. The molecule has 0 spiro atoms. The Hall–Kier alpha value is -1.23. The van der Waals surface area contributed by atoms with Crippen molar-refractivity contribution in [2.75, 3.05) is 26.7 Å². The zero-order valence-electron chi connectivity index (χ0n) is 12.2. The van der Waals surface area contributed by atoms with Crippen molar-refractivity contribution < 1.29 is 0 Å². The average Bonchev–Trinajstić information content (AvgIpc) is 2.52. The monoisotopic (exact) mass is 345 g/mol. The van der Waals surface area contributed by atoms with Crippen LogP contribution in [0.5, 0.6) is 0 Å². The Morgan fingerprint density at radius 1 is 1.14 bits per heavy atom. The Labute approximate surface area is 134 Å². The summed E-state index contributed by atoms with van der Waals surface area (Å²) in [7, 11) is 2.20. The van der Waals surface area contributed by atoms with E-state index in [2.05, 4.69) is 80.2 Å². The molecule has 0 amide bonds. The van der Waals surface area contributed by atoms with Gasteiger partial charge >= 0.3 is 0 Å². The van der Waals surface area contributed by atoms with Crippen molar-refractivity contribution in [3.63, 3.8) is 0 Å². The molecule has 1 saturated heterocycles. The number of nitrogens with zero attached hydrogens (tertiary/aromatic N) is 3. The number of rotatable bonds is 3. The summed E-state index contributed by atoms with van der Waals surface area (Å²) in [6, 6.07) is 15.4. The molecule has 1 fully saturated rings. The van der Waals surface area contributed by atoms with Crippen LogP contribution in [0.2, 0.25) is 0 Å². The summed E-state index contributed by atoms with van der Waals surface area (Å²) in [5.41, 5.74) is 2.52. The maximum absolute atomic E-state index is 4.52. The number of halogens is 1. The number of likely N-dealkylation sites (N-methyl/N-ethyl adjacent to an activating group) is 1. The summed E-state index contributed by atoms with van der Waals surface area (Å²) in [4.78, 5) is 9.46. The highest BCUT2D eigenvalue weighted by atomic mass is 79.9. The summed E-state index contributed by atoms with van der Waals surface area (Å²) in [5.74, 6) is 0. The van der Waals surface area contributed by atoms with E-state index in [1.54, 1.807) is 0 Å². The Balaban J connectivity index is 1.79. The van der Waals surface area contributed by atoms with Crippen LogP contribution in [0, 0.1) is 0 Å². The summed E-state index contributed by atoms with van der Waals surface area (Å²) >= 11 is 3.44. The maximum atomic E-state index is 4.52. The summed E-state index contributed by atoms with van der Waals surface area (Å²) < 4.78 is 1.03. The van der Waals surface area contributed by atoms with Crippen LogP contribution < -0.4 is 0 Å². The third kappa shape index (κ3) is 3.70. The quantitative estimate of drug-likeness (QED) is 0.850. The van der Waals surface area contributed by atoms with E-state index < -0.39 is 0 Å². The first-order valence-corrected chi connectivity index (χ1v) is 8.09. The highest BCUT2D eigenvalue weighted by Gasteiger charge is 2.26. The van der Waals surface area contributed by atoms with Gasteiger partial charge in [0, 0.05) is 42.9 Å². The van der Waals surface area contributed by atoms with E-state index in [0.29, 0.717) is 6.04 Å². The van der Waals surface area contributed by atoms with Crippen LogP contribution in [0.3, 0.4) is 0 Å². The van der Waals surface area contributed by atoms with E-state index in [4.69, 9.17) is 0 Å². The third-order valence-corrected chi connectivity index (χ3v) is 4.50. The Morgan fingerprint density at radius 2 is 1.95 bits per heavy atom. The lowest BCUT2D eigenvalue weighted by molar-refractivity contribution is 0.0823. The van der Waals surface area contributed by atoms with Crippen LogP contribution in [-0.2, 0) is 6.54 Å². The Morgan fingerprint density at radius 3 is 2.67 bits per heavy atom. The fourth-order valence-electron chi connectivity index (χ4n) is 2.85. The van der Waals surface area contributed by atoms with Crippen LogP contribution in [0.4, 0.5) is 0 Å². The fraction of sp³-hybridized carbons (Fsp3) is 0.353. The van der Waals surface area contributed by atoms with Gasteiger partial charge in [0.15, 0.2) is 0 Å². The predicted molar refractivity (Wildman–Crippen MR) is 89.0 cm³/mol. The molecule has 1 atom stereocenters. The molecule has 0 saturated carbocycles. The summed E-state index contributed by atoms with van der Waals surface area (Å²) in [6.45, 7) is 4.16. The molecular formula is C17H20BrN3. The number of hydrogen-bond donors (Lipinski definition) is 0. The lowest BCUT2D eigenvalue weighted by Crippen LogP contribution is -2.46.